The number of nitrogens with one attached hydrogen (secondary N) is 1. The van der Waals surface area contributed by atoms with Crippen molar-refractivity contribution in [3.63, 3.8) is 0 Å². The average molecular weight is 452 g/mol. The number of aliphatic hydroxyl groups excluding tert-OH is 1. The summed E-state index contributed by atoms with van der Waals surface area (Å²) in [6.07, 6.45) is 1.72. The fraction of sp³-hybridized carbons (Fsp3) is 0.375. The Bertz CT molecular complexity index is 1160. The number of imidazole rings is 1. The van der Waals surface area contributed by atoms with Gasteiger partial charge in [0, 0.05) is 50.2 Å². The van der Waals surface area contributed by atoms with Crippen LogP contribution in [0.4, 0.5) is 11.6 Å². The van der Waals surface area contributed by atoms with Crippen LogP contribution < -0.4 is 11.1 Å². The van der Waals surface area contributed by atoms with Crippen molar-refractivity contribution in [3.8, 4) is 0 Å². The number of carbonyl (C=O) groups excluding carboxylic acids is 2. The molecule has 0 spiro atoms. The summed E-state index contributed by atoms with van der Waals surface area (Å²) < 4.78 is 7.08. The van der Waals surface area contributed by atoms with Crippen LogP contribution in [0.5, 0.6) is 0 Å². The minimum absolute atomic E-state index is 0.120. The number of aromatic nitrogens is 2. The molecule has 1 atom stereocenters. The first-order valence-electron chi connectivity index (χ1n) is 11.1. The molecule has 1 aliphatic rings. The number of anilines is 2. The van der Waals surface area contributed by atoms with Crippen molar-refractivity contribution in [2.75, 3.05) is 37.9 Å². The van der Waals surface area contributed by atoms with Crippen molar-refractivity contribution in [1.29, 1.82) is 0 Å². The Morgan fingerprint density at radius 3 is 2.85 bits per heavy atom. The number of aryl methyl sites for hydroxylation is 1. The molecule has 1 saturated heterocycles. The maximum atomic E-state index is 13.0. The van der Waals surface area contributed by atoms with E-state index in [1.165, 1.54) is 0 Å². The quantitative estimate of drug-likeness (QED) is 0.375. The van der Waals surface area contributed by atoms with Crippen molar-refractivity contribution >= 4 is 34.5 Å². The van der Waals surface area contributed by atoms with Crippen molar-refractivity contribution in [2.45, 2.75) is 31.9 Å². The molecule has 2 amide bonds. The first kappa shape index (κ1) is 22.8. The summed E-state index contributed by atoms with van der Waals surface area (Å²) >= 11 is 0. The lowest BCUT2D eigenvalue weighted by atomic mass is 10.1. The van der Waals surface area contributed by atoms with Crippen molar-refractivity contribution in [2.24, 2.45) is 0 Å². The number of aliphatic hydroxyl groups is 1. The number of nitrogens with zero attached hydrogens (tertiary/aromatic N) is 3. The van der Waals surface area contributed by atoms with Crippen molar-refractivity contribution in [3.05, 3.63) is 53.6 Å². The molecule has 33 heavy (non-hydrogen) atoms. The van der Waals surface area contributed by atoms with Gasteiger partial charge in [-0.15, -0.1) is 0 Å². The molecule has 3 aromatic rings. The first-order chi connectivity index (χ1) is 16.0. The zero-order chi connectivity index (χ0) is 23.4. The van der Waals surface area contributed by atoms with Crippen LogP contribution in [0.3, 0.4) is 0 Å². The molecule has 0 saturated carbocycles. The minimum Gasteiger partial charge on any atom is -0.399 e. The second kappa shape index (κ2) is 10.0. The zero-order valence-electron chi connectivity index (χ0n) is 18.7. The van der Waals surface area contributed by atoms with Gasteiger partial charge in [0.2, 0.25) is 5.95 Å². The molecular weight excluding hydrogens is 422 g/mol. The average Bonchev–Trinajstić information content (AvgIpc) is 3.15. The summed E-state index contributed by atoms with van der Waals surface area (Å²) in [5, 5.41) is 12.8. The maximum absolute atomic E-state index is 13.0. The minimum atomic E-state index is -0.486. The molecule has 1 aromatic heterocycles. The number of β-amino-alcohol motifs (C(OH)–C–C–N with tert-alkyl or cyclic N) is 1. The Morgan fingerprint density at radius 2 is 2.09 bits per heavy atom. The second-order valence-electron chi connectivity index (χ2n) is 8.26. The number of carbonyl (C=O) groups is 2. The number of piperidine rings is 1. The number of nitrogen functional groups attached to an aromatic ring is 1. The zero-order valence-corrected chi connectivity index (χ0v) is 18.7. The topological polar surface area (TPSA) is 123 Å². The van der Waals surface area contributed by atoms with E-state index in [0.29, 0.717) is 67.4 Å². The van der Waals surface area contributed by atoms with Crippen LogP contribution in [0.25, 0.3) is 11.0 Å². The lowest BCUT2D eigenvalue weighted by Crippen LogP contribution is -2.42. The van der Waals surface area contributed by atoms with Gasteiger partial charge in [-0.1, -0.05) is 6.07 Å². The third-order valence-electron chi connectivity index (χ3n) is 5.78. The summed E-state index contributed by atoms with van der Waals surface area (Å²) in [6, 6.07) is 12.1. The lowest BCUT2D eigenvalue weighted by Gasteiger charge is -2.30. The molecule has 2 aromatic carbocycles. The largest absolute Gasteiger partial charge is 0.399 e. The Hall–Kier alpha value is -3.43. The second-order valence-corrected chi connectivity index (χ2v) is 8.26. The Morgan fingerprint density at radius 1 is 1.24 bits per heavy atom. The normalized spacial score (nSPS) is 16.2. The Kier molecular flexibility index (Phi) is 6.90. The van der Waals surface area contributed by atoms with Gasteiger partial charge in [0.15, 0.2) is 0 Å². The van der Waals surface area contributed by atoms with E-state index in [9.17, 15) is 14.7 Å². The maximum Gasteiger partial charge on any atom is 0.258 e. The van der Waals surface area contributed by atoms with Crippen molar-refractivity contribution < 1.29 is 19.4 Å². The molecular formula is C24H29N5O4. The van der Waals surface area contributed by atoms with Crippen LogP contribution >= 0.6 is 0 Å². The van der Waals surface area contributed by atoms with Crippen molar-refractivity contribution in [1.82, 2.24) is 14.5 Å². The molecule has 0 unspecified atom stereocenters. The highest BCUT2D eigenvalue weighted by atomic mass is 16.5. The Labute approximate surface area is 192 Å². The van der Waals surface area contributed by atoms with Gasteiger partial charge in [0.05, 0.1) is 17.1 Å². The fourth-order valence-corrected chi connectivity index (χ4v) is 4.12. The van der Waals surface area contributed by atoms with Gasteiger partial charge >= 0.3 is 0 Å². The molecule has 0 radical (unpaired) electrons. The highest BCUT2D eigenvalue weighted by Crippen LogP contribution is 2.24. The van der Waals surface area contributed by atoms with Gasteiger partial charge in [-0.25, -0.2) is 4.98 Å². The fourth-order valence-electron chi connectivity index (χ4n) is 4.12. The molecule has 2 heterocycles. The van der Waals surface area contributed by atoms with E-state index in [0.717, 1.165) is 11.9 Å². The van der Waals surface area contributed by atoms with Gasteiger partial charge in [0.25, 0.3) is 11.8 Å². The van der Waals surface area contributed by atoms with Gasteiger partial charge in [-0.05, 0) is 55.7 Å². The highest BCUT2D eigenvalue weighted by molar-refractivity contribution is 6.05. The lowest BCUT2D eigenvalue weighted by molar-refractivity contribution is 0.0474. The molecule has 174 valence electrons. The van der Waals surface area contributed by atoms with Gasteiger partial charge in [-0.2, -0.15) is 0 Å². The summed E-state index contributed by atoms with van der Waals surface area (Å²) in [5.74, 6) is -0.0404. The van der Waals surface area contributed by atoms with E-state index in [1.54, 1.807) is 54.5 Å². The summed E-state index contributed by atoms with van der Waals surface area (Å²) in [4.78, 5) is 32.1. The number of likely N-dealkylation sites (tertiary alicyclic amines) is 1. The number of rotatable bonds is 7. The molecule has 0 bridgehead atoms. The molecule has 9 heteroatoms. The van der Waals surface area contributed by atoms with Gasteiger partial charge in [-0.3, -0.25) is 14.9 Å². The molecule has 1 aliphatic heterocycles. The van der Waals surface area contributed by atoms with E-state index in [2.05, 4.69) is 10.3 Å². The predicted octanol–water partition coefficient (Wildman–Crippen LogP) is 2.50. The number of benzene rings is 2. The monoisotopic (exact) mass is 451 g/mol. The van der Waals surface area contributed by atoms with Crippen LogP contribution in [-0.2, 0) is 11.3 Å². The van der Waals surface area contributed by atoms with Crippen LogP contribution in [0.15, 0.2) is 42.5 Å². The van der Waals surface area contributed by atoms with E-state index in [-0.39, 0.29) is 11.8 Å². The molecule has 9 nitrogen and oxygen atoms in total. The van der Waals surface area contributed by atoms with Gasteiger partial charge in [0.1, 0.15) is 0 Å². The molecule has 4 N–H and O–H groups in total. The Balaban J connectivity index is 1.65. The molecule has 0 aliphatic carbocycles. The van der Waals surface area contributed by atoms with Crippen LogP contribution in [0, 0.1) is 0 Å². The van der Waals surface area contributed by atoms with E-state index < -0.39 is 6.10 Å². The third-order valence-corrected chi connectivity index (χ3v) is 5.78. The number of nitrogens with two attached hydrogens (primary N) is 1. The van der Waals surface area contributed by atoms with E-state index in [1.807, 2.05) is 4.57 Å². The van der Waals surface area contributed by atoms with E-state index >= 15 is 0 Å². The van der Waals surface area contributed by atoms with Crippen LogP contribution in [0.2, 0.25) is 0 Å². The number of hydrogen-bond donors (Lipinski definition) is 3. The van der Waals surface area contributed by atoms with E-state index in [4.69, 9.17) is 10.5 Å². The summed E-state index contributed by atoms with van der Waals surface area (Å²) in [7, 11) is 1.64. The number of amides is 2. The summed E-state index contributed by atoms with van der Waals surface area (Å²) in [6.45, 7) is 2.07. The smallest absolute Gasteiger partial charge is 0.258 e. The predicted molar refractivity (Wildman–Crippen MR) is 126 cm³/mol. The van der Waals surface area contributed by atoms with Crippen LogP contribution in [0.1, 0.15) is 40.0 Å². The molecule has 4 rings (SSSR count). The first-order valence-corrected chi connectivity index (χ1v) is 11.1. The van der Waals surface area contributed by atoms with Crippen LogP contribution in [-0.4, -0.2) is 64.3 Å². The standard InChI is InChI=1S/C24H29N5O4/c1-33-12-4-11-29-21-14-17(23(32)28-10-3-7-19(30)15-28)8-9-20(21)26-24(29)27-22(31)16-5-2-6-18(25)13-16/h2,5-6,8-9,13-14,19,30H,3-4,7,10-12,15,25H2,1H3,(H,26,27,31)/t19-/m0/s1. The number of fused-ring (bicyclic) bond motifs is 1. The number of methoxy groups -OCH3 is 1. The summed E-state index contributed by atoms with van der Waals surface area (Å²) in [5.41, 5.74) is 8.69. The highest BCUT2D eigenvalue weighted by Gasteiger charge is 2.24. The van der Waals surface area contributed by atoms with Gasteiger partial charge < -0.3 is 25.0 Å². The number of ether oxygens (including phenoxy) is 1. The molecule has 1 fully saturated rings. The third kappa shape index (κ3) is 5.15. The SMILES string of the molecule is COCCCn1c(NC(=O)c2cccc(N)c2)nc2ccc(C(=O)N3CCC[C@H](O)C3)cc21. The number of hydrogen-bond acceptors (Lipinski definition) is 6.